The monoisotopic (exact) mass is 185 g/mol. The van der Waals surface area contributed by atoms with Crippen molar-refractivity contribution in [3.8, 4) is 0 Å². The second kappa shape index (κ2) is 5.61. The zero-order valence-electron chi connectivity index (χ0n) is 8.92. The van der Waals surface area contributed by atoms with E-state index in [1.54, 1.807) is 0 Å². The van der Waals surface area contributed by atoms with Crippen molar-refractivity contribution in [1.29, 1.82) is 0 Å². The van der Waals surface area contributed by atoms with Gasteiger partial charge in [-0.25, -0.2) is 0 Å². The zero-order valence-corrected chi connectivity index (χ0v) is 8.92. The lowest BCUT2D eigenvalue weighted by molar-refractivity contribution is 0.177. The number of aliphatic hydroxyl groups excluding tert-OH is 1. The maximum absolute atomic E-state index is 9.34. The second-order valence-corrected chi connectivity index (χ2v) is 4.43. The summed E-state index contributed by atoms with van der Waals surface area (Å²) in [7, 11) is 0. The Morgan fingerprint density at radius 1 is 1.46 bits per heavy atom. The Bertz CT molecular complexity index is 138. The molecule has 0 aromatic rings. The molecule has 0 saturated heterocycles. The molecular weight excluding hydrogens is 162 g/mol. The molecule has 0 aliphatic heterocycles. The van der Waals surface area contributed by atoms with Gasteiger partial charge in [0.05, 0.1) is 6.10 Å². The average molecular weight is 185 g/mol. The van der Waals surface area contributed by atoms with Gasteiger partial charge in [0.1, 0.15) is 0 Å². The summed E-state index contributed by atoms with van der Waals surface area (Å²) in [5, 5.41) is 12.9. The first-order chi connectivity index (χ1) is 6.22. The molecule has 3 unspecified atom stereocenters. The van der Waals surface area contributed by atoms with E-state index in [9.17, 15) is 5.11 Å². The number of hydrogen-bond acceptors (Lipinski definition) is 2. The number of hydrogen-bond donors (Lipinski definition) is 2. The standard InChI is InChI=1S/C11H23NO/c1-3-4-9(2)12-8-10-5-6-11(13)7-10/h9-13H,3-8H2,1-2H3. The van der Waals surface area contributed by atoms with Crippen LogP contribution in [-0.2, 0) is 0 Å². The van der Waals surface area contributed by atoms with Crippen molar-refractivity contribution in [1.82, 2.24) is 5.32 Å². The molecule has 2 N–H and O–H groups in total. The molecule has 1 aliphatic rings. The molecule has 1 aliphatic carbocycles. The Morgan fingerprint density at radius 2 is 2.23 bits per heavy atom. The molecule has 78 valence electrons. The Labute approximate surface area is 81.7 Å². The minimum atomic E-state index is -0.0201. The third kappa shape index (κ3) is 4.10. The van der Waals surface area contributed by atoms with Gasteiger partial charge in [-0.05, 0) is 45.1 Å². The molecular formula is C11H23NO. The smallest absolute Gasteiger partial charge is 0.0543 e. The summed E-state index contributed by atoms with van der Waals surface area (Å²) in [5.74, 6) is 0.717. The topological polar surface area (TPSA) is 32.3 Å². The van der Waals surface area contributed by atoms with Gasteiger partial charge in [0.25, 0.3) is 0 Å². The normalized spacial score (nSPS) is 30.7. The van der Waals surface area contributed by atoms with Crippen LogP contribution in [0.3, 0.4) is 0 Å². The van der Waals surface area contributed by atoms with Crippen LogP contribution in [0.2, 0.25) is 0 Å². The Morgan fingerprint density at radius 3 is 2.77 bits per heavy atom. The molecule has 1 fully saturated rings. The van der Waals surface area contributed by atoms with E-state index in [0.29, 0.717) is 12.0 Å². The first-order valence-corrected chi connectivity index (χ1v) is 5.63. The van der Waals surface area contributed by atoms with Crippen LogP contribution in [0.5, 0.6) is 0 Å². The maximum Gasteiger partial charge on any atom is 0.0543 e. The molecule has 13 heavy (non-hydrogen) atoms. The predicted molar refractivity (Wildman–Crippen MR) is 55.7 cm³/mol. The van der Waals surface area contributed by atoms with Gasteiger partial charge in [0, 0.05) is 6.04 Å². The largest absolute Gasteiger partial charge is 0.393 e. The van der Waals surface area contributed by atoms with E-state index in [-0.39, 0.29) is 6.10 Å². The van der Waals surface area contributed by atoms with Crippen LogP contribution < -0.4 is 5.32 Å². The van der Waals surface area contributed by atoms with Crippen LogP contribution in [-0.4, -0.2) is 23.8 Å². The summed E-state index contributed by atoms with van der Waals surface area (Å²) in [6.07, 6.45) is 5.71. The van der Waals surface area contributed by atoms with Crippen LogP contribution in [0.4, 0.5) is 0 Å². The molecule has 0 bridgehead atoms. The molecule has 0 aromatic carbocycles. The van der Waals surface area contributed by atoms with Gasteiger partial charge < -0.3 is 10.4 Å². The third-order valence-corrected chi connectivity index (χ3v) is 2.99. The molecule has 1 rings (SSSR count). The highest BCUT2D eigenvalue weighted by atomic mass is 16.3. The minimum absolute atomic E-state index is 0.0201. The lowest BCUT2D eigenvalue weighted by Gasteiger charge is -2.16. The highest BCUT2D eigenvalue weighted by Crippen LogP contribution is 2.24. The van der Waals surface area contributed by atoms with Crippen LogP contribution in [0.1, 0.15) is 46.0 Å². The van der Waals surface area contributed by atoms with Crippen molar-refractivity contribution in [3.63, 3.8) is 0 Å². The van der Waals surface area contributed by atoms with E-state index >= 15 is 0 Å². The Kier molecular flexibility index (Phi) is 4.74. The molecule has 0 radical (unpaired) electrons. The van der Waals surface area contributed by atoms with E-state index in [1.165, 1.54) is 19.3 Å². The predicted octanol–water partition coefficient (Wildman–Crippen LogP) is 1.93. The van der Waals surface area contributed by atoms with Crippen LogP contribution in [0, 0.1) is 5.92 Å². The lowest BCUT2D eigenvalue weighted by Crippen LogP contribution is -2.30. The van der Waals surface area contributed by atoms with Crippen molar-refractivity contribution >= 4 is 0 Å². The molecule has 2 heteroatoms. The van der Waals surface area contributed by atoms with Gasteiger partial charge in [-0.15, -0.1) is 0 Å². The summed E-state index contributed by atoms with van der Waals surface area (Å²) in [5.41, 5.74) is 0. The molecule has 0 amide bonds. The molecule has 2 nitrogen and oxygen atoms in total. The first-order valence-electron chi connectivity index (χ1n) is 5.63. The summed E-state index contributed by atoms with van der Waals surface area (Å²) < 4.78 is 0. The lowest BCUT2D eigenvalue weighted by atomic mass is 10.1. The molecule has 0 spiro atoms. The van der Waals surface area contributed by atoms with E-state index < -0.39 is 0 Å². The Hall–Kier alpha value is -0.0800. The van der Waals surface area contributed by atoms with Crippen molar-refractivity contribution in [3.05, 3.63) is 0 Å². The summed E-state index contributed by atoms with van der Waals surface area (Å²) in [4.78, 5) is 0. The fourth-order valence-corrected chi connectivity index (χ4v) is 2.14. The summed E-state index contributed by atoms with van der Waals surface area (Å²) >= 11 is 0. The highest BCUT2D eigenvalue weighted by molar-refractivity contribution is 4.77. The van der Waals surface area contributed by atoms with Crippen molar-refractivity contribution < 1.29 is 5.11 Å². The minimum Gasteiger partial charge on any atom is -0.393 e. The average Bonchev–Trinajstić information content (AvgIpc) is 2.49. The fourth-order valence-electron chi connectivity index (χ4n) is 2.14. The van der Waals surface area contributed by atoms with Crippen molar-refractivity contribution in [2.75, 3.05) is 6.54 Å². The molecule has 0 heterocycles. The van der Waals surface area contributed by atoms with Crippen LogP contribution in [0.25, 0.3) is 0 Å². The molecule has 3 atom stereocenters. The Balaban J connectivity index is 2.05. The van der Waals surface area contributed by atoms with Gasteiger partial charge in [-0.1, -0.05) is 13.3 Å². The van der Waals surface area contributed by atoms with Crippen molar-refractivity contribution in [2.45, 2.75) is 58.1 Å². The highest BCUT2D eigenvalue weighted by Gasteiger charge is 2.22. The van der Waals surface area contributed by atoms with Crippen molar-refractivity contribution in [2.24, 2.45) is 5.92 Å². The van der Waals surface area contributed by atoms with E-state index in [1.807, 2.05) is 0 Å². The SMILES string of the molecule is CCCC(C)NCC1CCC(O)C1. The first kappa shape index (κ1) is 11.0. The zero-order chi connectivity index (χ0) is 9.68. The summed E-state index contributed by atoms with van der Waals surface area (Å²) in [6.45, 7) is 5.56. The van der Waals surface area contributed by atoms with Gasteiger partial charge in [-0.3, -0.25) is 0 Å². The maximum atomic E-state index is 9.34. The van der Waals surface area contributed by atoms with Gasteiger partial charge in [-0.2, -0.15) is 0 Å². The van der Waals surface area contributed by atoms with E-state index in [4.69, 9.17) is 0 Å². The number of aliphatic hydroxyl groups is 1. The van der Waals surface area contributed by atoms with Gasteiger partial charge >= 0.3 is 0 Å². The van der Waals surface area contributed by atoms with E-state index in [0.717, 1.165) is 19.4 Å². The van der Waals surface area contributed by atoms with Gasteiger partial charge in [0.15, 0.2) is 0 Å². The molecule has 0 aromatic heterocycles. The summed E-state index contributed by atoms with van der Waals surface area (Å²) in [6, 6.07) is 0.641. The second-order valence-electron chi connectivity index (χ2n) is 4.43. The quantitative estimate of drug-likeness (QED) is 0.686. The third-order valence-electron chi connectivity index (χ3n) is 2.99. The fraction of sp³-hybridized carbons (Fsp3) is 1.00. The van der Waals surface area contributed by atoms with E-state index in [2.05, 4.69) is 19.2 Å². The van der Waals surface area contributed by atoms with Gasteiger partial charge in [0.2, 0.25) is 0 Å². The molecule has 1 saturated carbocycles. The van der Waals surface area contributed by atoms with Crippen LogP contribution in [0.15, 0.2) is 0 Å². The van der Waals surface area contributed by atoms with Crippen LogP contribution >= 0.6 is 0 Å². The number of nitrogens with one attached hydrogen (secondary N) is 1. The number of rotatable bonds is 5.